The second-order valence-corrected chi connectivity index (χ2v) is 19.1. The lowest BCUT2D eigenvalue weighted by molar-refractivity contribution is 0.669. The van der Waals surface area contributed by atoms with E-state index in [1.54, 1.807) is 22.7 Å². The van der Waals surface area contributed by atoms with Crippen LogP contribution in [0, 0.1) is 0 Å². The van der Waals surface area contributed by atoms with Crippen molar-refractivity contribution in [1.29, 1.82) is 0 Å². The molecule has 6 heteroatoms. The number of furan rings is 1. The highest BCUT2D eigenvalue weighted by Crippen LogP contribution is 2.45. The average Bonchev–Trinajstić information content (AvgIpc) is 4.24. The van der Waals surface area contributed by atoms with Gasteiger partial charge < -0.3 is 4.42 Å². The zero-order chi connectivity index (χ0) is 50.6. The van der Waals surface area contributed by atoms with Crippen molar-refractivity contribution in [2.45, 2.75) is 0 Å². The highest BCUT2D eigenvalue weighted by Gasteiger charge is 2.19. The van der Waals surface area contributed by atoms with Crippen LogP contribution < -0.4 is 0 Å². The van der Waals surface area contributed by atoms with E-state index in [1.165, 1.54) is 31.3 Å². The summed E-state index contributed by atoms with van der Waals surface area (Å²) in [6, 6.07) is 61.6. The highest BCUT2D eigenvalue weighted by atomic mass is 32.1. The van der Waals surface area contributed by atoms with E-state index >= 15 is 0 Å². The summed E-state index contributed by atoms with van der Waals surface area (Å²) in [6.45, 7) is 0. The van der Waals surface area contributed by atoms with Gasteiger partial charge in [-0.15, -0.1) is 22.7 Å². The largest absolute Gasteiger partial charge is 0.456 e. The monoisotopic (exact) mass is 921 g/mol. The number of hydrogen-bond acceptors (Lipinski definition) is 6. The molecular weight excluding hydrogens is 879 g/mol. The molecule has 0 N–H and O–H groups in total. The molecule has 4 aromatic heterocycles. The number of aromatic nitrogens is 3. The normalized spacial score (nSPS) is 13.0. The van der Waals surface area contributed by atoms with Crippen LogP contribution in [0.1, 0.15) is 8.22 Å². The number of benzene rings is 10. The Morgan fingerprint density at radius 2 is 0.826 bits per heavy atom. The smallest absolute Gasteiger partial charge is 0.164 e. The van der Waals surface area contributed by atoms with Gasteiger partial charge in [0.05, 0.1) is 8.22 Å². The summed E-state index contributed by atoms with van der Waals surface area (Å²) in [7, 11) is 0. The Morgan fingerprint density at radius 1 is 0.319 bits per heavy atom. The van der Waals surface area contributed by atoms with Crippen molar-refractivity contribution in [3.05, 3.63) is 224 Å². The molecular formula is C63H37N3OS2. The maximum absolute atomic E-state index is 9.74. The number of hydrogen-bond donors (Lipinski definition) is 0. The van der Waals surface area contributed by atoms with Gasteiger partial charge in [-0.3, -0.25) is 0 Å². The summed E-state index contributed by atoms with van der Waals surface area (Å²) in [6.07, 6.45) is 0. The molecule has 0 amide bonds. The fraction of sp³-hybridized carbons (Fsp3) is 0. The maximum atomic E-state index is 9.74. The predicted octanol–water partition coefficient (Wildman–Crippen LogP) is 18.2. The van der Waals surface area contributed by atoms with Crippen molar-refractivity contribution in [2.24, 2.45) is 0 Å². The van der Waals surface area contributed by atoms with Crippen molar-refractivity contribution >= 4 is 85.0 Å². The standard InChI is InChI=1S/C63H37N3OS2/c1-3-12-38(13-4-1)39-24-28-42(29-25-39)61-64-62(43-30-26-41(27-31-43)48-19-10-21-51-50-20-9-18-47(59(50)69-60(48)51)40-14-5-2-6-15-40)66-63(65-61)45-32-34-49-53-36-44(33-35-54(53)67-55(49)37-45)46-17-11-23-57-58(46)52-16-7-8-22-56(52)68-57/h1-37H/i32D,33D,34D,35D,36D,37D. The first-order valence-corrected chi connectivity index (χ1v) is 24.2. The van der Waals surface area contributed by atoms with Gasteiger partial charge in [-0.1, -0.05) is 188 Å². The molecule has 4 nitrogen and oxygen atoms in total. The van der Waals surface area contributed by atoms with Gasteiger partial charge in [-0.2, -0.15) is 0 Å². The van der Waals surface area contributed by atoms with Crippen LogP contribution in [0.5, 0.6) is 0 Å². The van der Waals surface area contributed by atoms with E-state index in [2.05, 4.69) is 72.8 Å². The lowest BCUT2D eigenvalue weighted by Crippen LogP contribution is -2.00. The summed E-state index contributed by atoms with van der Waals surface area (Å²) in [5.41, 5.74) is 8.50. The van der Waals surface area contributed by atoms with Crippen LogP contribution in [-0.4, -0.2) is 15.0 Å². The third-order valence-corrected chi connectivity index (χ3v) is 15.3. The van der Waals surface area contributed by atoms with Gasteiger partial charge in [0, 0.05) is 67.8 Å². The fourth-order valence-electron chi connectivity index (χ4n) is 9.50. The molecule has 0 unspecified atom stereocenters. The van der Waals surface area contributed by atoms with E-state index in [9.17, 15) is 8.22 Å². The van der Waals surface area contributed by atoms with E-state index < -0.39 is 0 Å². The molecule has 322 valence electrons. The van der Waals surface area contributed by atoms with Gasteiger partial charge in [0.2, 0.25) is 0 Å². The Morgan fingerprint density at radius 3 is 1.52 bits per heavy atom. The molecule has 0 spiro atoms. The van der Waals surface area contributed by atoms with Crippen molar-refractivity contribution in [3.8, 4) is 78.7 Å². The highest BCUT2D eigenvalue weighted by molar-refractivity contribution is 7.27. The minimum Gasteiger partial charge on any atom is -0.456 e. The summed E-state index contributed by atoms with van der Waals surface area (Å²) in [4.78, 5) is 14.9. The Bertz CT molecular complexity index is 4650. The predicted molar refractivity (Wildman–Crippen MR) is 291 cm³/mol. The van der Waals surface area contributed by atoms with Crippen molar-refractivity contribution < 1.29 is 12.6 Å². The number of thiophene rings is 2. The maximum Gasteiger partial charge on any atom is 0.164 e. The summed E-state index contributed by atoms with van der Waals surface area (Å²) in [5, 5.41) is 4.41. The topological polar surface area (TPSA) is 51.8 Å². The third kappa shape index (κ3) is 6.75. The van der Waals surface area contributed by atoms with Gasteiger partial charge in [0.15, 0.2) is 17.5 Å². The SMILES string of the molecule is [2H]c1c(-c2cccc3sc4ccccc4c23)c([2H])c2c(oc3c([2H])c(-c4nc(-c5ccc(-c6ccccc6)cc5)nc(-c5ccc(-c6cccc7c6sc6c(-c8ccccc8)cccc67)cc5)n4)c([2H])c([2H])c32)c1[2H]. The van der Waals surface area contributed by atoms with Gasteiger partial charge in [0.25, 0.3) is 0 Å². The Hall–Kier alpha value is -8.55. The minimum atomic E-state index is -0.340. The molecule has 0 fully saturated rings. The van der Waals surface area contributed by atoms with Crippen LogP contribution in [0.15, 0.2) is 229 Å². The van der Waals surface area contributed by atoms with Gasteiger partial charge >= 0.3 is 0 Å². The van der Waals surface area contributed by atoms with E-state index in [-0.39, 0.29) is 75.1 Å². The first kappa shape index (κ1) is 33.8. The van der Waals surface area contributed by atoms with E-state index in [4.69, 9.17) is 19.4 Å². The number of rotatable bonds is 7. The van der Waals surface area contributed by atoms with Crippen molar-refractivity contribution in [1.82, 2.24) is 15.0 Å². The second-order valence-electron chi connectivity index (χ2n) is 16.9. The minimum absolute atomic E-state index is 0.00332. The zero-order valence-corrected chi connectivity index (χ0v) is 38.1. The molecule has 0 saturated heterocycles. The van der Waals surface area contributed by atoms with Crippen LogP contribution in [0.25, 0.3) is 141 Å². The second kappa shape index (κ2) is 16.1. The van der Waals surface area contributed by atoms with E-state index in [1.807, 2.05) is 115 Å². The summed E-state index contributed by atoms with van der Waals surface area (Å²) in [5.74, 6) is 0.603. The first-order valence-electron chi connectivity index (χ1n) is 25.6. The molecule has 14 rings (SSSR count). The van der Waals surface area contributed by atoms with Crippen LogP contribution in [0.3, 0.4) is 0 Å². The summed E-state index contributed by atoms with van der Waals surface area (Å²) < 4.78 is 68.0. The molecule has 10 aromatic carbocycles. The molecule has 69 heavy (non-hydrogen) atoms. The Balaban J connectivity index is 0.925. The zero-order valence-electron chi connectivity index (χ0n) is 42.5. The lowest BCUT2D eigenvalue weighted by atomic mass is 9.98. The lowest BCUT2D eigenvalue weighted by Gasteiger charge is -2.10. The molecule has 0 aliphatic carbocycles. The molecule has 4 heterocycles. The quantitative estimate of drug-likeness (QED) is 0.160. The van der Waals surface area contributed by atoms with Crippen molar-refractivity contribution in [3.63, 3.8) is 0 Å². The van der Waals surface area contributed by atoms with Crippen molar-refractivity contribution in [2.75, 3.05) is 0 Å². The first-order chi connectivity index (χ1) is 36.7. The van der Waals surface area contributed by atoms with Crippen LogP contribution in [0.2, 0.25) is 0 Å². The van der Waals surface area contributed by atoms with Gasteiger partial charge in [-0.05, 0) is 80.8 Å². The average molecular weight is 922 g/mol. The fourth-order valence-corrected chi connectivity index (χ4v) is 12.0. The third-order valence-electron chi connectivity index (χ3n) is 12.9. The van der Waals surface area contributed by atoms with Gasteiger partial charge in [-0.25, -0.2) is 15.0 Å². The molecule has 0 aliphatic rings. The molecule has 0 aliphatic heterocycles. The van der Waals surface area contributed by atoms with Crippen LogP contribution >= 0.6 is 22.7 Å². The molecule has 0 saturated carbocycles. The van der Waals surface area contributed by atoms with Crippen LogP contribution in [-0.2, 0) is 0 Å². The Labute approximate surface area is 413 Å². The van der Waals surface area contributed by atoms with E-state index in [0.717, 1.165) is 42.4 Å². The summed E-state index contributed by atoms with van der Waals surface area (Å²) >= 11 is 3.41. The molecule has 0 radical (unpaired) electrons. The number of nitrogens with zero attached hydrogens (tertiary/aromatic N) is 3. The van der Waals surface area contributed by atoms with Gasteiger partial charge in [0.1, 0.15) is 11.2 Å². The van der Waals surface area contributed by atoms with E-state index in [0.29, 0.717) is 28.3 Å². The Kier molecular flexibility index (Phi) is 7.88. The molecule has 0 bridgehead atoms. The molecule has 14 aromatic rings. The molecule has 0 atom stereocenters. The van der Waals surface area contributed by atoms with Crippen LogP contribution in [0.4, 0.5) is 0 Å². The number of fused-ring (bicyclic) bond motifs is 9.